The van der Waals surface area contributed by atoms with Crippen LogP contribution in [0.4, 0.5) is 14.5 Å². The average Bonchev–Trinajstić information content (AvgIpc) is 2.99. The average molecular weight is 327 g/mol. The number of carbonyl (C=O) groups excluding carboxylic acids is 2. The lowest BCUT2D eigenvalue weighted by Gasteiger charge is -2.11. The number of para-hydroxylation sites is 2. The molecule has 0 atom stereocenters. The standard InChI is InChI=1S/C12H11F2N5O4/c13-12(14)23-9-4-2-1-3-8(9)16-10(20)6-22-11(21)5-19-7-15-17-18-19/h1-4,7,12H,5-6H2,(H,16,20). The van der Waals surface area contributed by atoms with E-state index in [4.69, 9.17) is 4.74 Å². The van der Waals surface area contributed by atoms with Crippen LogP contribution in [0.2, 0.25) is 0 Å². The van der Waals surface area contributed by atoms with Crippen molar-refractivity contribution in [2.75, 3.05) is 11.9 Å². The minimum atomic E-state index is -3.03. The van der Waals surface area contributed by atoms with Crippen LogP contribution >= 0.6 is 0 Å². The topological polar surface area (TPSA) is 108 Å². The van der Waals surface area contributed by atoms with Crippen LogP contribution in [-0.2, 0) is 20.9 Å². The van der Waals surface area contributed by atoms with Crippen LogP contribution in [0, 0.1) is 0 Å². The molecule has 0 spiro atoms. The lowest BCUT2D eigenvalue weighted by molar-refractivity contribution is -0.148. The Morgan fingerprint density at radius 2 is 2.09 bits per heavy atom. The van der Waals surface area contributed by atoms with E-state index in [0.717, 1.165) is 4.68 Å². The van der Waals surface area contributed by atoms with Crippen molar-refractivity contribution in [3.63, 3.8) is 0 Å². The number of benzene rings is 1. The van der Waals surface area contributed by atoms with E-state index >= 15 is 0 Å². The Morgan fingerprint density at radius 1 is 1.30 bits per heavy atom. The Bertz CT molecular complexity index is 665. The van der Waals surface area contributed by atoms with Crippen molar-refractivity contribution >= 4 is 17.6 Å². The van der Waals surface area contributed by atoms with Gasteiger partial charge in [0.1, 0.15) is 18.6 Å². The number of hydrogen-bond acceptors (Lipinski definition) is 7. The molecule has 2 aromatic rings. The summed E-state index contributed by atoms with van der Waals surface area (Å²) in [6, 6.07) is 5.64. The Hall–Kier alpha value is -3.11. The van der Waals surface area contributed by atoms with Gasteiger partial charge in [0.25, 0.3) is 5.91 Å². The summed E-state index contributed by atoms with van der Waals surface area (Å²) in [7, 11) is 0. The molecule has 0 saturated carbocycles. The summed E-state index contributed by atoms with van der Waals surface area (Å²) in [4.78, 5) is 23.1. The summed E-state index contributed by atoms with van der Waals surface area (Å²) in [6.07, 6.45) is 1.21. The maximum Gasteiger partial charge on any atom is 0.387 e. The number of tetrazole rings is 1. The van der Waals surface area contributed by atoms with Gasteiger partial charge < -0.3 is 14.8 Å². The third-order valence-corrected chi connectivity index (χ3v) is 2.42. The van der Waals surface area contributed by atoms with Gasteiger partial charge in [0.05, 0.1) is 5.69 Å². The van der Waals surface area contributed by atoms with Gasteiger partial charge >= 0.3 is 12.6 Å². The second-order valence-electron chi connectivity index (χ2n) is 4.09. The molecule has 1 aromatic carbocycles. The van der Waals surface area contributed by atoms with Gasteiger partial charge in [-0.3, -0.25) is 9.59 Å². The van der Waals surface area contributed by atoms with E-state index < -0.39 is 25.1 Å². The van der Waals surface area contributed by atoms with Crippen molar-refractivity contribution in [2.45, 2.75) is 13.2 Å². The molecule has 0 saturated heterocycles. The zero-order valence-electron chi connectivity index (χ0n) is 11.6. The Balaban J connectivity index is 1.84. The number of ether oxygens (including phenoxy) is 2. The summed E-state index contributed by atoms with van der Waals surface area (Å²) >= 11 is 0. The molecule has 2 rings (SSSR count). The molecule has 9 nitrogen and oxygen atoms in total. The highest BCUT2D eigenvalue weighted by atomic mass is 19.3. The Labute approximate surface area is 128 Å². The van der Waals surface area contributed by atoms with E-state index in [9.17, 15) is 18.4 Å². The fourth-order valence-corrected chi connectivity index (χ4v) is 1.53. The molecule has 1 heterocycles. The van der Waals surface area contributed by atoms with Crippen molar-refractivity contribution in [3.05, 3.63) is 30.6 Å². The number of esters is 1. The molecule has 1 aromatic heterocycles. The lowest BCUT2D eigenvalue weighted by Crippen LogP contribution is -2.23. The van der Waals surface area contributed by atoms with E-state index in [1.807, 2.05) is 0 Å². The predicted molar refractivity (Wildman–Crippen MR) is 70.5 cm³/mol. The highest BCUT2D eigenvalue weighted by molar-refractivity contribution is 5.94. The molecule has 0 aliphatic rings. The summed E-state index contributed by atoms with van der Waals surface area (Å²) in [5.41, 5.74) is 0.0364. The summed E-state index contributed by atoms with van der Waals surface area (Å²) < 4.78 is 34.6. The second-order valence-corrected chi connectivity index (χ2v) is 4.09. The van der Waals surface area contributed by atoms with E-state index in [2.05, 4.69) is 25.6 Å². The molecule has 0 unspecified atom stereocenters. The first-order valence-corrected chi connectivity index (χ1v) is 6.24. The molecular weight excluding hydrogens is 316 g/mol. The van der Waals surface area contributed by atoms with Crippen LogP contribution in [-0.4, -0.2) is 45.3 Å². The number of hydrogen-bond donors (Lipinski definition) is 1. The van der Waals surface area contributed by atoms with Crippen molar-refractivity contribution in [1.29, 1.82) is 0 Å². The minimum Gasteiger partial charge on any atom is -0.454 e. The highest BCUT2D eigenvalue weighted by Crippen LogP contribution is 2.25. The number of aromatic nitrogens is 4. The van der Waals surface area contributed by atoms with Gasteiger partial charge in [-0.15, -0.1) is 5.10 Å². The van der Waals surface area contributed by atoms with Gasteiger partial charge in [-0.25, -0.2) is 4.68 Å². The van der Waals surface area contributed by atoms with Gasteiger partial charge in [-0.1, -0.05) is 12.1 Å². The zero-order valence-corrected chi connectivity index (χ0v) is 11.6. The molecule has 1 amide bonds. The number of anilines is 1. The quantitative estimate of drug-likeness (QED) is 0.736. The minimum absolute atomic E-state index is 0.0364. The van der Waals surface area contributed by atoms with Crippen LogP contribution in [0.5, 0.6) is 5.75 Å². The molecular formula is C12H11F2N5O4. The maximum absolute atomic E-state index is 12.2. The number of amides is 1. The summed E-state index contributed by atoms with van der Waals surface area (Å²) in [5.74, 6) is -1.64. The number of carbonyl (C=O) groups is 2. The van der Waals surface area contributed by atoms with Gasteiger partial charge in [0.2, 0.25) is 0 Å². The normalized spacial score (nSPS) is 10.4. The molecule has 11 heteroatoms. The van der Waals surface area contributed by atoms with Crippen LogP contribution in [0.15, 0.2) is 30.6 Å². The van der Waals surface area contributed by atoms with Crippen LogP contribution in [0.3, 0.4) is 0 Å². The number of nitrogens with one attached hydrogen (secondary N) is 1. The third-order valence-electron chi connectivity index (χ3n) is 2.42. The molecule has 122 valence electrons. The summed E-state index contributed by atoms with van der Waals surface area (Å²) in [6.45, 7) is -3.88. The maximum atomic E-state index is 12.2. The van der Waals surface area contributed by atoms with Crippen LogP contribution in [0.25, 0.3) is 0 Å². The van der Waals surface area contributed by atoms with Crippen LogP contribution < -0.4 is 10.1 Å². The largest absolute Gasteiger partial charge is 0.454 e. The first kappa shape index (κ1) is 16.3. The van der Waals surface area contributed by atoms with Gasteiger partial charge in [-0.05, 0) is 22.6 Å². The Morgan fingerprint density at radius 3 is 2.78 bits per heavy atom. The molecule has 1 N–H and O–H groups in total. The number of alkyl halides is 2. The van der Waals surface area contributed by atoms with Crippen molar-refractivity contribution in [2.24, 2.45) is 0 Å². The fraction of sp³-hybridized carbons (Fsp3) is 0.250. The second kappa shape index (κ2) is 7.77. The first-order valence-electron chi connectivity index (χ1n) is 6.24. The van der Waals surface area contributed by atoms with Gasteiger partial charge in [-0.2, -0.15) is 8.78 Å². The molecule has 0 aliphatic heterocycles. The van der Waals surface area contributed by atoms with Crippen molar-refractivity contribution in [3.8, 4) is 5.75 Å². The van der Waals surface area contributed by atoms with E-state index in [1.165, 1.54) is 30.6 Å². The van der Waals surface area contributed by atoms with Gasteiger partial charge in [0.15, 0.2) is 6.61 Å². The first-order chi connectivity index (χ1) is 11.0. The van der Waals surface area contributed by atoms with E-state index in [0.29, 0.717) is 0 Å². The zero-order chi connectivity index (χ0) is 16.7. The Kier molecular flexibility index (Phi) is 5.50. The lowest BCUT2D eigenvalue weighted by atomic mass is 10.3. The number of halogens is 2. The molecule has 0 radical (unpaired) electrons. The number of rotatable bonds is 7. The van der Waals surface area contributed by atoms with Crippen LogP contribution in [0.1, 0.15) is 0 Å². The predicted octanol–water partition coefficient (Wildman–Crippen LogP) is 0.456. The summed E-state index contributed by atoms with van der Waals surface area (Å²) in [5, 5.41) is 12.4. The SMILES string of the molecule is O=C(COC(=O)Cn1cnnn1)Nc1ccccc1OC(F)F. The van der Waals surface area contributed by atoms with Crippen molar-refractivity contribution in [1.82, 2.24) is 20.2 Å². The molecule has 0 fully saturated rings. The van der Waals surface area contributed by atoms with Gasteiger partial charge in [0, 0.05) is 0 Å². The van der Waals surface area contributed by atoms with E-state index in [1.54, 1.807) is 0 Å². The molecule has 0 bridgehead atoms. The third kappa shape index (κ3) is 5.30. The van der Waals surface area contributed by atoms with E-state index in [-0.39, 0.29) is 18.0 Å². The number of nitrogens with zero attached hydrogens (tertiary/aromatic N) is 4. The molecule has 0 aliphatic carbocycles. The smallest absolute Gasteiger partial charge is 0.387 e. The van der Waals surface area contributed by atoms with Crippen molar-refractivity contribution < 1.29 is 27.8 Å². The highest BCUT2D eigenvalue weighted by Gasteiger charge is 2.13. The fourth-order valence-electron chi connectivity index (χ4n) is 1.53. The molecule has 23 heavy (non-hydrogen) atoms. The monoisotopic (exact) mass is 327 g/mol.